The molecular formula is C49H89NO7P+. The second-order valence-electron chi connectivity index (χ2n) is 16.4. The lowest BCUT2D eigenvalue weighted by Crippen LogP contribution is -2.37. The van der Waals surface area contributed by atoms with E-state index in [-0.39, 0.29) is 25.8 Å². The van der Waals surface area contributed by atoms with Crippen molar-refractivity contribution in [2.24, 2.45) is 0 Å². The molecule has 8 nitrogen and oxygen atoms in total. The largest absolute Gasteiger partial charge is 0.472 e. The summed E-state index contributed by atoms with van der Waals surface area (Å²) in [5.41, 5.74) is 0. The van der Waals surface area contributed by atoms with Crippen LogP contribution in [0, 0.1) is 0 Å². The molecule has 0 aromatic carbocycles. The van der Waals surface area contributed by atoms with Crippen LogP contribution in [0.1, 0.15) is 174 Å². The molecule has 0 radical (unpaired) electrons. The van der Waals surface area contributed by atoms with Crippen LogP contribution in [-0.2, 0) is 27.9 Å². The number of likely N-dealkylation sites (N-methyl/N-ethyl adjacent to an activating group) is 1. The summed E-state index contributed by atoms with van der Waals surface area (Å²) in [7, 11) is 1.65. The first-order chi connectivity index (χ1) is 28.1. The van der Waals surface area contributed by atoms with Gasteiger partial charge in [0.15, 0.2) is 0 Å². The maximum atomic E-state index is 12.7. The number of ether oxygens (including phenoxy) is 2. The van der Waals surface area contributed by atoms with E-state index in [1.54, 1.807) is 0 Å². The topological polar surface area (TPSA) is 91.3 Å². The van der Waals surface area contributed by atoms with E-state index in [4.69, 9.17) is 18.5 Å². The summed E-state index contributed by atoms with van der Waals surface area (Å²) < 4.78 is 35.0. The molecule has 0 aliphatic heterocycles. The molecule has 0 fully saturated rings. The van der Waals surface area contributed by atoms with Crippen molar-refractivity contribution in [2.75, 3.05) is 54.1 Å². The van der Waals surface area contributed by atoms with E-state index in [2.05, 4.69) is 86.8 Å². The van der Waals surface area contributed by atoms with Gasteiger partial charge in [0.05, 0.1) is 34.4 Å². The van der Waals surface area contributed by atoms with Crippen molar-refractivity contribution in [3.8, 4) is 0 Å². The van der Waals surface area contributed by atoms with Crippen molar-refractivity contribution in [3.63, 3.8) is 0 Å². The molecule has 9 heteroatoms. The number of carbonyl (C=O) groups is 1. The van der Waals surface area contributed by atoms with Gasteiger partial charge in [-0.25, -0.2) is 4.57 Å². The fourth-order valence-electron chi connectivity index (χ4n) is 5.93. The van der Waals surface area contributed by atoms with Crippen LogP contribution in [-0.4, -0.2) is 75.6 Å². The third-order valence-electron chi connectivity index (χ3n) is 9.50. The first-order valence-corrected chi connectivity index (χ1v) is 24.7. The summed E-state index contributed by atoms with van der Waals surface area (Å²) in [6, 6.07) is 0. The number of carbonyl (C=O) groups excluding carboxylic acids is 1. The van der Waals surface area contributed by atoms with Gasteiger partial charge in [0, 0.05) is 13.0 Å². The van der Waals surface area contributed by atoms with E-state index >= 15 is 0 Å². The molecule has 2 unspecified atom stereocenters. The number of quaternary nitrogens is 1. The number of phosphoric acid groups is 1. The normalized spacial score (nSPS) is 14.4. The van der Waals surface area contributed by atoms with Crippen molar-refractivity contribution in [3.05, 3.63) is 72.9 Å². The minimum absolute atomic E-state index is 0.0819. The molecule has 1 N–H and O–H groups in total. The summed E-state index contributed by atoms with van der Waals surface area (Å²) >= 11 is 0. The summed E-state index contributed by atoms with van der Waals surface area (Å²) in [6.45, 7) is 5.44. The lowest BCUT2D eigenvalue weighted by Gasteiger charge is -2.24. The Morgan fingerprint density at radius 1 is 0.552 bits per heavy atom. The highest BCUT2D eigenvalue weighted by Gasteiger charge is 2.26. The molecule has 0 aliphatic carbocycles. The van der Waals surface area contributed by atoms with Crippen LogP contribution < -0.4 is 0 Å². The zero-order chi connectivity index (χ0) is 42.7. The zero-order valence-corrected chi connectivity index (χ0v) is 38.9. The number of nitrogens with zero attached hydrogens (tertiary/aromatic N) is 1. The van der Waals surface area contributed by atoms with Gasteiger partial charge >= 0.3 is 13.8 Å². The van der Waals surface area contributed by atoms with Crippen LogP contribution in [0.5, 0.6) is 0 Å². The number of hydrogen-bond acceptors (Lipinski definition) is 6. The third-order valence-corrected chi connectivity index (χ3v) is 10.5. The molecular weight excluding hydrogens is 746 g/mol. The molecule has 0 saturated heterocycles. The Labute approximate surface area is 357 Å². The van der Waals surface area contributed by atoms with E-state index < -0.39 is 13.9 Å². The lowest BCUT2D eigenvalue weighted by molar-refractivity contribution is -0.870. The van der Waals surface area contributed by atoms with Crippen LogP contribution >= 0.6 is 7.82 Å². The lowest BCUT2D eigenvalue weighted by atomic mass is 10.1. The number of allylic oxidation sites excluding steroid dienone is 12. The van der Waals surface area contributed by atoms with Gasteiger partial charge in [0.25, 0.3) is 0 Å². The minimum Gasteiger partial charge on any atom is -0.457 e. The summed E-state index contributed by atoms with van der Waals surface area (Å²) in [4.78, 5) is 22.9. The summed E-state index contributed by atoms with van der Waals surface area (Å²) in [5.74, 6) is -0.330. The molecule has 0 aromatic rings. The Morgan fingerprint density at radius 2 is 1.00 bits per heavy atom. The fraction of sp³-hybridized carbons (Fsp3) is 0.735. The molecule has 0 aromatic heterocycles. The van der Waals surface area contributed by atoms with E-state index in [1.165, 1.54) is 70.6 Å². The maximum Gasteiger partial charge on any atom is 0.472 e. The van der Waals surface area contributed by atoms with E-state index in [9.17, 15) is 14.3 Å². The zero-order valence-electron chi connectivity index (χ0n) is 38.0. The highest BCUT2D eigenvalue weighted by molar-refractivity contribution is 7.47. The molecule has 0 spiro atoms. The van der Waals surface area contributed by atoms with Crippen LogP contribution in [0.15, 0.2) is 72.9 Å². The Bertz CT molecular complexity index is 1150. The maximum absolute atomic E-state index is 12.7. The fourth-order valence-corrected chi connectivity index (χ4v) is 6.67. The van der Waals surface area contributed by atoms with E-state index in [0.717, 1.165) is 83.5 Å². The molecule has 0 rings (SSSR count). The average Bonchev–Trinajstić information content (AvgIpc) is 3.18. The van der Waals surface area contributed by atoms with Gasteiger partial charge in [0.2, 0.25) is 0 Å². The predicted octanol–water partition coefficient (Wildman–Crippen LogP) is 13.9. The van der Waals surface area contributed by atoms with Crippen LogP contribution in [0.3, 0.4) is 0 Å². The highest BCUT2D eigenvalue weighted by atomic mass is 31.2. The molecule has 0 aliphatic rings. The minimum atomic E-state index is -4.28. The second-order valence-corrected chi connectivity index (χ2v) is 17.9. The van der Waals surface area contributed by atoms with Gasteiger partial charge in [0.1, 0.15) is 19.3 Å². The monoisotopic (exact) mass is 835 g/mol. The average molecular weight is 835 g/mol. The Balaban J connectivity index is 4.18. The van der Waals surface area contributed by atoms with Crippen LogP contribution in [0.25, 0.3) is 0 Å². The number of rotatable bonds is 42. The molecule has 58 heavy (non-hydrogen) atoms. The quantitative estimate of drug-likeness (QED) is 0.0215. The van der Waals surface area contributed by atoms with Crippen molar-refractivity contribution in [1.29, 1.82) is 0 Å². The first kappa shape index (κ1) is 55.9. The van der Waals surface area contributed by atoms with Crippen molar-refractivity contribution in [1.82, 2.24) is 0 Å². The van der Waals surface area contributed by atoms with E-state index in [1.807, 2.05) is 21.1 Å². The van der Waals surface area contributed by atoms with Gasteiger partial charge in [-0.05, 0) is 83.5 Å². The third kappa shape index (κ3) is 45.0. The Hall–Kier alpha value is -2.06. The van der Waals surface area contributed by atoms with Gasteiger partial charge in [-0.1, -0.05) is 157 Å². The van der Waals surface area contributed by atoms with Gasteiger partial charge in [-0.3, -0.25) is 13.8 Å². The first-order valence-electron chi connectivity index (χ1n) is 23.2. The number of esters is 1. The Morgan fingerprint density at radius 3 is 1.52 bits per heavy atom. The predicted molar refractivity (Wildman–Crippen MR) is 247 cm³/mol. The van der Waals surface area contributed by atoms with Crippen molar-refractivity contribution in [2.45, 2.75) is 180 Å². The van der Waals surface area contributed by atoms with E-state index in [0.29, 0.717) is 24.1 Å². The number of phosphoric ester groups is 1. The standard InChI is InChI=1S/C49H88NO7P/c1-6-8-10-12-14-16-18-20-21-22-23-24-25-26-27-28-29-30-31-33-35-37-39-41-44-54-46-48(47-56-58(52,53)55-45-43-50(3,4)5)57-49(51)42-40-38-36-34-32-19-17-15-13-11-9-7-2/h8,10,14-17,20-21,23-24,26-27,48H,6-7,9,11-13,18-19,22,25,28-47H2,1-5H3/p+1/b10-8-,16-14-,17-15-,21-20-,24-23-,27-26-. The summed E-state index contributed by atoms with van der Waals surface area (Å²) in [6.07, 6.45) is 53.7. The highest BCUT2D eigenvalue weighted by Crippen LogP contribution is 2.43. The number of hydrogen-bond donors (Lipinski definition) is 1. The van der Waals surface area contributed by atoms with Crippen LogP contribution in [0.4, 0.5) is 0 Å². The summed E-state index contributed by atoms with van der Waals surface area (Å²) in [5, 5.41) is 0. The van der Waals surface area contributed by atoms with Crippen LogP contribution in [0.2, 0.25) is 0 Å². The molecule has 0 saturated carbocycles. The molecule has 0 bridgehead atoms. The second kappa shape index (κ2) is 41.7. The molecule has 2 atom stereocenters. The van der Waals surface area contributed by atoms with Gasteiger partial charge < -0.3 is 18.9 Å². The SMILES string of the molecule is CC/C=C\C/C=C\C/C=C\C/C=C\C/C=C\CCCCCCCCCCOCC(COP(=O)(O)OCC[N+](C)(C)C)OC(=O)CCCCCCC/C=C\CCCCC. The van der Waals surface area contributed by atoms with Crippen molar-refractivity contribution >= 4 is 13.8 Å². The molecule has 0 heterocycles. The molecule has 336 valence electrons. The number of unbranched alkanes of at least 4 members (excludes halogenated alkanes) is 16. The van der Waals surface area contributed by atoms with Gasteiger partial charge in [-0.15, -0.1) is 0 Å². The molecule has 0 amide bonds. The van der Waals surface area contributed by atoms with Crippen molar-refractivity contribution < 1.29 is 37.3 Å². The van der Waals surface area contributed by atoms with Gasteiger partial charge in [-0.2, -0.15) is 0 Å². The Kier molecular flexibility index (Phi) is 40.2. The smallest absolute Gasteiger partial charge is 0.457 e.